The molecule has 0 atom stereocenters. The van der Waals surface area contributed by atoms with Crippen LogP contribution in [0, 0.1) is 0 Å². The van der Waals surface area contributed by atoms with E-state index >= 15 is 0 Å². The van der Waals surface area contributed by atoms with Gasteiger partial charge in [-0.2, -0.15) is 0 Å². The number of nitrogens with zero attached hydrogens (tertiary/aromatic N) is 2. The molecule has 0 saturated heterocycles. The highest BCUT2D eigenvalue weighted by atomic mass is 32.2. The molecule has 0 fully saturated rings. The molecule has 4 aromatic rings. The van der Waals surface area contributed by atoms with Gasteiger partial charge in [0.05, 0.1) is 22.8 Å². The van der Waals surface area contributed by atoms with Gasteiger partial charge in [-0.3, -0.25) is 4.79 Å². The van der Waals surface area contributed by atoms with Crippen LogP contribution in [0.5, 0.6) is 5.75 Å². The van der Waals surface area contributed by atoms with E-state index in [0.717, 1.165) is 21.1 Å². The molecule has 1 amide bonds. The molecule has 2 aromatic heterocycles. The standard InChI is InChI=1S/C21H21N3O4S/c1-13(2)23-17-10-5-4-9-16(17)20-18(23)12-19(24(20)29(3,27)28)21(26)22-14-7-6-8-15(25)11-14/h4-13,25H,1-3H3,(H,22,26). The predicted octanol–water partition coefficient (Wildman–Crippen LogP) is 3.94. The van der Waals surface area contributed by atoms with E-state index in [4.69, 9.17) is 0 Å². The van der Waals surface area contributed by atoms with Gasteiger partial charge in [0.25, 0.3) is 5.91 Å². The molecular weight excluding hydrogens is 390 g/mol. The molecule has 0 aliphatic heterocycles. The summed E-state index contributed by atoms with van der Waals surface area (Å²) < 4.78 is 28.5. The lowest BCUT2D eigenvalue weighted by Gasteiger charge is -2.11. The van der Waals surface area contributed by atoms with E-state index in [-0.39, 0.29) is 17.5 Å². The number of hydrogen-bond donors (Lipinski definition) is 2. The number of amides is 1. The Labute approximate surface area is 168 Å². The zero-order chi connectivity index (χ0) is 20.9. The fourth-order valence-electron chi connectivity index (χ4n) is 3.76. The first kappa shape index (κ1) is 19.1. The van der Waals surface area contributed by atoms with E-state index in [2.05, 4.69) is 5.32 Å². The molecule has 2 aromatic carbocycles. The van der Waals surface area contributed by atoms with Crippen molar-refractivity contribution < 1.29 is 18.3 Å². The van der Waals surface area contributed by atoms with Crippen LogP contribution in [0.25, 0.3) is 21.9 Å². The number of rotatable bonds is 4. The first-order valence-corrected chi connectivity index (χ1v) is 11.0. The third kappa shape index (κ3) is 3.15. The van der Waals surface area contributed by atoms with Crippen LogP contribution in [0.15, 0.2) is 54.6 Å². The average Bonchev–Trinajstić information content (AvgIpc) is 3.15. The van der Waals surface area contributed by atoms with Crippen LogP contribution >= 0.6 is 0 Å². The molecule has 0 aliphatic carbocycles. The Hall–Kier alpha value is -3.26. The maximum Gasteiger partial charge on any atom is 0.273 e. The summed E-state index contributed by atoms with van der Waals surface area (Å²) in [6.45, 7) is 4.02. The van der Waals surface area contributed by atoms with Gasteiger partial charge in [-0.25, -0.2) is 12.4 Å². The van der Waals surface area contributed by atoms with E-state index < -0.39 is 15.9 Å². The third-order valence-corrected chi connectivity index (χ3v) is 5.84. The molecule has 150 valence electrons. The molecule has 0 saturated carbocycles. The van der Waals surface area contributed by atoms with Crippen LogP contribution < -0.4 is 5.32 Å². The SMILES string of the molecule is CC(C)n1c2ccccc2c2c1cc(C(=O)Nc1cccc(O)c1)n2S(C)(=O)=O. The molecule has 29 heavy (non-hydrogen) atoms. The summed E-state index contributed by atoms with van der Waals surface area (Å²) in [6.07, 6.45) is 1.08. The van der Waals surface area contributed by atoms with Crippen molar-refractivity contribution in [2.24, 2.45) is 0 Å². The summed E-state index contributed by atoms with van der Waals surface area (Å²) in [5.74, 6) is -0.569. The zero-order valence-electron chi connectivity index (χ0n) is 16.2. The lowest BCUT2D eigenvalue weighted by molar-refractivity contribution is 0.102. The minimum atomic E-state index is -3.77. The molecule has 2 N–H and O–H groups in total. The second-order valence-corrected chi connectivity index (χ2v) is 9.11. The van der Waals surface area contributed by atoms with Gasteiger partial charge in [-0.05, 0) is 38.1 Å². The summed E-state index contributed by atoms with van der Waals surface area (Å²) in [4.78, 5) is 13.0. The maximum absolute atomic E-state index is 13.0. The van der Waals surface area contributed by atoms with Crippen molar-refractivity contribution in [2.75, 3.05) is 11.6 Å². The monoisotopic (exact) mass is 411 g/mol. The number of para-hydroxylation sites is 1. The minimum absolute atomic E-state index is 0.00343. The number of carbonyl (C=O) groups is 1. The summed E-state index contributed by atoms with van der Waals surface area (Å²) in [5.41, 5.74) is 2.45. The van der Waals surface area contributed by atoms with Crippen LogP contribution in [0.3, 0.4) is 0 Å². The molecule has 4 rings (SSSR count). The molecule has 0 aliphatic rings. The Morgan fingerprint density at radius 3 is 2.41 bits per heavy atom. The molecule has 0 spiro atoms. The van der Waals surface area contributed by atoms with Gasteiger partial charge >= 0.3 is 0 Å². The van der Waals surface area contributed by atoms with Gasteiger partial charge in [0.15, 0.2) is 0 Å². The number of aromatic hydroxyl groups is 1. The van der Waals surface area contributed by atoms with Crippen molar-refractivity contribution >= 4 is 43.6 Å². The van der Waals surface area contributed by atoms with Crippen molar-refractivity contribution in [1.29, 1.82) is 0 Å². The zero-order valence-corrected chi connectivity index (χ0v) is 17.1. The molecule has 0 bridgehead atoms. The minimum Gasteiger partial charge on any atom is -0.508 e. The molecular formula is C21H21N3O4S. The number of hydrogen-bond acceptors (Lipinski definition) is 4. The van der Waals surface area contributed by atoms with Gasteiger partial charge < -0.3 is 15.0 Å². The van der Waals surface area contributed by atoms with Gasteiger partial charge in [0.1, 0.15) is 11.4 Å². The van der Waals surface area contributed by atoms with E-state index in [1.807, 2.05) is 42.7 Å². The Morgan fingerprint density at radius 1 is 1.03 bits per heavy atom. The number of phenolic OH excluding ortho intramolecular Hbond substituents is 1. The summed E-state index contributed by atoms with van der Waals surface area (Å²) in [6, 6.07) is 15.3. The summed E-state index contributed by atoms with van der Waals surface area (Å²) >= 11 is 0. The topological polar surface area (TPSA) is 93.3 Å². The Bertz CT molecular complexity index is 1360. The van der Waals surface area contributed by atoms with Crippen LogP contribution in [-0.2, 0) is 10.0 Å². The second-order valence-electron chi connectivity index (χ2n) is 7.28. The van der Waals surface area contributed by atoms with Crippen molar-refractivity contribution in [1.82, 2.24) is 8.54 Å². The summed E-state index contributed by atoms with van der Waals surface area (Å²) in [7, 11) is -3.77. The van der Waals surface area contributed by atoms with E-state index in [9.17, 15) is 18.3 Å². The largest absolute Gasteiger partial charge is 0.508 e. The van der Waals surface area contributed by atoms with Gasteiger partial charge in [0, 0.05) is 23.2 Å². The number of benzene rings is 2. The number of phenols is 1. The highest BCUT2D eigenvalue weighted by Crippen LogP contribution is 2.35. The molecule has 0 radical (unpaired) electrons. The van der Waals surface area contributed by atoms with Gasteiger partial charge in [-0.1, -0.05) is 24.3 Å². The molecule has 0 unspecified atom stereocenters. The quantitative estimate of drug-likeness (QED) is 0.532. The van der Waals surface area contributed by atoms with Crippen molar-refractivity contribution in [3.63, 3.8) is 0 Å². The van der Waals surface area contributed by atoms with Crippen LogP contribution in [-0.4, -0.2) is 34.2 Å². The van der Waals surface area contributed by atoms with Crippen molar-refractivity contribution in [3.8, 4) is 5.75 Å². The number of carbonyl (C=O) groups excluding carboxylic acids is 1. The highest BCUT2D eigenvalue weighted by Gasteiger charge is 2.27. The average molecular weight is 411 g/mol. The van der Waals surface area contributed by atoms with E-state index in [1.165, 1.54) is 12.1 Å². The fourth-order valence-corrected chi connectivity index (χ4v) is 4.78. The lowest BCUT2D eigenvalue weighted by Crippen LogP contribution is -2.21. The fraction of sp³-hybridized carbons (Fsp3) is 0.190. The van der Waals surface area contributed by atoms with Crippen LogP contribution in [0.4, 0.5) is 5.69 Å². The van der Waals surface area contributed by atoms with Gasteiger partial charge in [-0.15, -0.1) is 0 Å². The van der Waals surface area contributed by atoms with Crippen molar-refractivity contribution in [3.05, 3.63) is 60.3 Å². The Kier molecular flexibility index (Phi) is 4.38. The van der Waals surface area contributed by atoms with Crippen LogP contribution in [0.2, 0.25) is 0 Å². The number of aromatic nitrogens is 2. The summed E-state index contributed by atoms with van der Waals surface area (Å²) in [5, 5.41) is 13.0. The smallest absolute Gasteiger partial charge is 0.273 e. The number of anilines is 1. The molecule has 2 heterocycles. The van der Waals surface area contributed by atoms with E-state index in [0.29, 0.717) is 16.7 Å². The predicted molar refractivity (Wildman–Crippen MR) is 114 cm³/mol. The first-order valence-electron chi connectivity index (χ1n) is 9.14. The van der Waals surface area contributed by atoms with Crippen molar-refractivity contribution in [2.45, 2.75) is 19.9 Å². The normalized spacial score (nSPS) is 12.1. The van der Waals surface area contributed by atoms with Gasteiger partial charge in [0.2, 0.25) is 10.0 Å². The Balaban J connectivity index is 2.00. The maximum atomic E-state index is 13.0. The highest BCUT2D eigenvalue weighted by molar-refractivity contribution is 7.89. The molecule has 8 heteroatoms. The first-order chi connectivity index (χ1) is 13.7. The number of nitrogens with one attached hydrogen (secondary N) is 1. The lowest BCUT2D eigenvalue weighted by atomic mass is 10.2. The third-order valence-electron chi connectivity index (χ3n) is 4.80. The molecule has 7 nitrogen and oxygen atoms in total. The second kappa shape index (κ2) is 6.66. The Morgan fingerprint density at radius 2 is 1.76 bits per heavy atom. The number of fused-ring (bicyclic) bond motifs is 3. The van der Waals surface area contributed by atoms with E-state index in [1.54, 1.807) is 18.2 Å². The van der Waals surface area contributed by atoms with Crippen LogP contribution in [0.1, 0.15) is 30.4 Å².